The minimum atomic E-state index is -0.262. The number of aliphatic hydroxyl groups excluding tert-OH is 1. The van der Waals surface area contributed by atoms with Crippen LogP contribution < -0.4 is 9.64 Å². The van der Waals surface area contributed by atoms with E-state index in [2.05, 4.69) is 0 Å². The molecule has 1 amide bonds. The van der Waals surface area contributed by atoms with Crippen LogP contribution >= 0.6 is 35.4 Å². The standard InChI is InChI=1S/C19H16Cl2N2O3S/c1-22-17(10-12-3-2-4-14(9-12)26-8-7-24)18(25)23(19(22)27)13-5-6-15(20)16(21)11-13/h2-6,9-11,24H,7-8H2,1H3/b17-10+. The lowest BCUT2D eigenvalue weighted by molar-refractivity contribution is -0.114. The van der Waals surface area contributed by atoms with Gasteiger partial charge in [-0.3, -0.25) is 9.69 Å². The van der Waals surface area contributed by atoms with Crippen LogP contribution in [-0.2, 0) is 4.79 Å². The van der Waals surface area contributed by atoms with E-state index in [0.717, 1.165) is 5.56 Å². The molecule has 0 aliphatic carbocycles. The molecule has 0 atom stereocenters. The SMILES string of the molecule is CN1C(=S)N(c2ccc(Cl)c(Cl)c2)C(=O)/C1=C\c1cccc(OCCO)c1. The van der Waals surface area contributed by atoms with Gasteiger partial charge in [-0.25, -0.2) is 0 Å². The summed E-state index contributed by atoms with van der Waals surface area (Å²) in [6.07, 6.45) is 1.73. The lowest BCUT2D eigenvalue weighted by atomic mass is 10.1. The predicted molar refractivity (Wildman–Crippen MR) is 111 cm³/mol. The smallest absolute Gasteiger partial charge is 0.281 e. The van der Waals surface area contributed by atoms with Crippen LogP contribution in [0.3, 0.4) is 0 Å². The largest absolute Gasteiger partial charge is 0.491 e. The first-order chi connectivity index (χ1) is 12.9. The number of ether oxygens (including phenoxy) is 1. The van der Waals surface area contributed by atoms with Gasteiger partial charge in [0.05, 0.1) is 22.3 Å². The van der Waals surface area contributed by atoms with Gasteiger partial charge < -0.3 is 14.7 Å². The summed E-state index contributed by atoms with van der Waals surface area (Å²) in [6, 6.07) is 12.2. The third-order valence-corrected chi connectivity index (χ3v) is 5.14. The highest BCUT2D eigenvalue weighted by atomic mass is 35.5. The van der Waals surface area contributed by atoms with E-state index in [1.807, 2.05) is 12.1 Å². The van der Waals surface area contributed by atoms with Crippen LogP contribution in [0.4, 0.5) is 5.69 Å². The number of carbonyl (C=O) groups is 1. The number of halogens is 2. The molecule has 140 valence electrons. The van der Waals surface area contributed by atoms with Crippen LogP contribution in [0, 0.1) is 0 Å². The van der Waals surface area contributed by atoms with Gasteiger partial charge >= 0.3 is 0 Å². The molecule has 1 aliphatic rings. The van der Waals surface area contributed by atoms with Gasteiger partial charge in [0.25, 0.3) is 5.91 Å². The van der Waals surface area contributed by atoms with Gasteiger partial charge in [0.2, 0.25) is 0 Å². The Balaban J connectivity index is 1.93. The van der Waals surface area contributed by atoms with E-state index in [1.165, 1.54) is 4.90 Å². The highest BCUT2D eigenvalue weighted by Gasteiger charge is 2.36. The second-order valence-corrected chi connectivity index (χ2v) is 6.93. The Kier molecular flexibility index (Phi) is 6.01. The average molecular weight is 423 g/mol. The highest BCUT2D eigenvalue weighted by Crippen LogP contribution is 2.32. The molecule has 2 aromatic rings. The van der Waals surface area contributed by atoms with Gasteiger partial charge in [-0.05, 0) is 54.2 Å². The van der Waals surface area contributed by atoms with Crippen molar-refractivity contribution in [2.45, 2.75) is 0 Å². The lowest BCUT2D eigenvalue weighted by Gasteiger charge is -2.16. The third-order valence-electron chi connectivity index (χ3n) is 3.94. The number of nitrogens with zero attached hydrogens (tertiary/aromatic N) is 2. The zero-order valence-electron chi connectivity index (χ0n) is 14.4. The molecule has 2 aromatic carbocycles. The topological polar surface area (TPSA) is 53.0 Å². The second-order valence-electron chi connectivity index (χ2n) is 5.75. The minimum Gasteiger partial charge on any atom is -0.491 e. The molecule has 0 spiro atoms. The van der Waals surface area contributed by atoms with Gasteiger partial charge in [0.15, 0.2) is 5.11 Å². The molecule has 8 heteroatoms. The van der Waals surface area contributed by atoms with E-state index in [0.29, 0.717) is 32.3 Å². The molecule has 1 aliphatic heterocycles. The number of likely N-dealkylation sites (N-methyl/N-ethyl adjacent to an activating group) is 1. The molecule has 27 heavy (non-hydrogen) atoms. The fourth-order valence-corrected chi connectivity index (χ4v) is 3.20. The molecule has 0 saturated carbocycles. The van der Waals surface area contributed by atoms with E-state index in [1.54, 1.807) is 48.4 Å². The average Bonchev–Trinajstić information content (AvgIpc) is 2.86. The van der Waals surface area contributed by atoms with Crippen LogP contribution in [-0.4, -0.2) is 41.3 Å². The van der Waals surface area contributed by atoms with Crippen LogP contribution in [0.25, 0.3) is 6.08 Å². The van der Waals surface area contributed by atoms with Crippen LogP contribution in [0.2, 0.25) is 10.0 Å². The van der Waals surface area contributed by atoms with Crippen molar-refractivity contribution in [3.05, 3.63) is 63.8 Å². The van der Waals surface area contributed by atoms with E-state index in [4.69, 9.17) is 45.3 Å². The normalized spacial score (nSPS) is 15.8. The Labute approximate surface area is 172 Å². The molecule has 1 N–H and O–H groups in total. The molecule has 0 bridgehead atoms. The zero-order chi connectivity index (χ0) is 19.6. The Morgan fingerprint density at radius 1 is 1.19 bits per heavy atom. The van der Waals surface area contributed by atoms with Crippen molar-refractivity contribution < 1.29 is 14.6 Å². The van der Waals surface area contributed by atoms with Crippen molar-refractivity contribution in [3.63, 3.8) is 0 Å². The molecule has 0 radical (unpaired) electrons. The fourth-order valence-electron chi connectivity index (χ4n) is 2.62. The maximum atomic E-state index is 13.0. The van der Waals surface area contributed by atoms with E-state index >= 15 is 0 Å². The zero-order valence-corrected chi connectivity index (χ0v) is 16.7. The quantitative estimate of drug-likeness (QED) is 0.583. The van der Waals surface area contributed by atoms with Crippen LogP contribution in [0.5, 0.6) is 5.75 Å². The van der Waals surface area contributed by atoms with Crippen molar-refractivity contribution in [1.82, 2.24) is 4.90 Å². The number of carbonyl (C=O) groups excluding carboxylic acids is 1. The number of benzene rings is 2. The number of hydrogen-bond donors (Lipinski definition) is 1. The monoisotopic (exact) mass is 422 g/mol. The maximum Gasteiger partial charge on any atom is 0.281 e. The van der Waals surface area contributed by atoms with Gasteiger partial charge in [-0.1, -0.05) is 35.3 Å². The Bertz CT molecular complexity index is 933. The third kappa shape index (κ3) is 4.09. The Morgan fingerprint density at radius 2 is 1.96 bits per heavy atom. The number of hydrogen-bond acceptors (Lipinski definition) is 4. The molecule has 1 fully saturated rings. The number of aliphatic hydroxyl groups is 1. The second kappa shape index (κ2) is 8.27. The van der Waals surface area contributed by atoms with Crippen molar-refractivity contribution in [1.29, 1.82) is 0 Å². The summed E-state index contributed by atoms with van der Waals surface area (Å²) in [5.41, 5.74) is 1.75. The first-order valence-corrected chi connectivity index (χ1v) is 9.21. The van der Waals surface area contributed by atoms with E-state index in [-0.39, 0.29) is 19.1 Å². The lowest BCUT2D eigenvalue weighted by Crippen LogP contribution is -2.31. The summed E-state index contributed by atoms with van der Waals surface area (Å²) in [5.74, 6) is 0.345. The van der Waals surface area contributed by atoms with E-state index in [9.17, 15) is 4.79 Å². The summed E-state index contributed by atoms with van der Waals surface area (Å²) in [5, 5.41) is 9.97. The molecular formula is C19H16Cl2N2O3S. The summed E-state index contributed by atoms with van der Waals surface area (Å²) >= 11 is 17.5. The van der Waals surface area contributed by atoms with Crippen molar-refractivity contribution >= 4 is 58.2 Å². The van der Waals surface area contributed by atoms with Crippen molar-refractivity contribution in [2.75, 3.05) is 25.2 Å². The van der Waals surface area contributed by atoms with Crippen LogP contribution in [0.1, 0.15) is 5.56 Å². The van der Waals surface area contributed by atoms with Gasteiger partial charge in [0, 0.05) is 7.05 Å². The number of thiocarbonyl (C=S) groups is 1. The Morgan fingerprint density at radius 3 is 2.67 bits per heavy atom. The number of amides is 1. The molecule has 5 nitrogen and oxygen atoms in total. The first-order valence-electron chi connectivity index (χ1n) is 8.05. The molecule has 1 heterocycles. The molecule has 0 aromatic heterocycles. The molecule has 3 rings (SSSR count). The van der Waals surface area contributed by atoms with Crippen LogP contribution in [0.15, 0.2) is 48.2 Å². The molecular weight excluding hydrogens is 407 g/mol. The summed E-state index contributed by atoms with van der Waals surface area (Å²) < 4.78 is 5.41. The van der Waals surface area contributed by atoms with Crippen molar-refractivity contribution in [3.8, 4) is 5.75 Å². The Hall–Kier alpha value is -2.12. The summed E-state index contributed by atoms with van der Waals surface area (Å²) in [6.45, 7) is 0.132. The first kappa shape index (κ1) is 19.6. The van der Waals surface area contributed by atoms with Gasteiger partial charge in [0.1, 0.15) is 18.1 Å². The number of rotatable bonds is 5. The maximum absolute atomic E-state index is 13.0. The van der Waals surface area contributed by atoms with E-state index < -0.39 is 0 Å². The fraction of sp³-hybridized carbons (Fsp3) is 0.158. The summed E-state index contributed by atoms with van der Waals surface area (Å²) in [4.78, 5) is 16.0. The predicted octanol–water partition coefficient (Wildman–Crippen LogP) is 3.97. The highest BCUT2D eigenvalue weighted by molar-refractivity contribution is 7.80. The van der Waals surface area contributed by atoms with Gasteiger partial charge in [-0.15, -0.1) is 0 Å². The van der Waals surface area contributed by atoms with Gasteiger partial charge in [-0.2, -0.15) is 0 Å². The number of anilines is 1. The van der Waals surface area contributed by atoms with Crippen molar-refractivity contribution in [2.24, 2.45) is 0 Å². The molecule has 1 saturated heterocycles. The minimum absolute atomic E-state index is 0.0700. The summed E-state index contributed by atoms with van der Waals surface area (Å²) in [7, 11) is 1.73. The molecule has 0 unspecified atom stereocenters.